The van der Waals surface area contributed by atoms with Crippen LogP contribution in [0.4, 0.5) is 0 Å². The average Bonchev–Trinajstić information content (AvgIpc) is 3.09. The molecule has 2 heterocycles. The van der Waals surface area contributed by atoms with Crippen LogP contribution >= 0.6 is 27.3 Å². The molecule has 2 aromatic heterocycles. The molecule has 120 valence electrons. The SMILES string of the molecule is O=C(O)CCc1c(-c2ccc(Br)cc2)nc2sc3ccccc3n12. The first-order chi connectivity index (χ1) is 11.6. The van der Waals surface area contributed by atoms with Gasteiger partial charge in [0.05, 0.1) is 28.0 Å². The Hall–Kier alpha value is -2.18. The fraction of sp³-hybridized carbons (Fsp3) is 0.111. The van der Waals surface area contributed by atoms with E-state index in [0.717, 1.165) is 36.6 Å². The molecular formula is C18H13BrN2O2S. The fourth-order valence-corrected chi connectivity index (χ4v) is 4.18. The van der Waals surface area contributed by atoms with Gasteiger partial charge >= 0.3 is 5.97 Å². The number of carbonyl (C=O) groups is 1. The predicted octanol–water partition coefficient (Wildman–Crippen LogP) is 5.00. The number of nitrogens with zero attached hydrogens (tertiary/aromatic N) is 2. The lowest BCUT2D eigenvalue weighted by atomic mass is 10.1. The van der Waals surface area contributed by atoms with Gasteiger partial charge in [-0.2, -0.15) is 0 Å². The molecule has 24 heavy (non-hydrogen) atoms. The molecule has 6 heteroatoms. The van der Waals surface area contributed by atoms with E-state index in [4.69, 9.17) is 10.1 Å². The van der Waals surface area contributed by atoms with Crippen molar-refractivity contribution in [2.24, 2.45) is 0 Å². The lowest BCUT2D eigenvalue weighted by molar-refractivity contribution is -0.136. The van der Waals surface area contributed by atoms with Crippen molar-refractivity contribution in [3.05, 3.63) is 58.7 Å². The fourth-order valence-electron chi connectivity index (χ4n) is 2.87. The van der Waals surface area contributed by atoms with Gasteiger partial charge in [-0.1, -0.05) is 51.5 Å². The largest absolute Gasteiger partial charge is 0.481 e. The lowest BCUT2D eigenvalue weighted by Gasteiger charge is -2.05. The number of hydrogen-bond donors (Lipinski definition) is 1. The minimum Gasteiger partial charge on any atom is -0.481 e. The van der Waals surface area contributed by atoms with Gasteiger partial charge in [0.25, 0.3) is 0 Å². The molecule has 0 bridgehead atoms. The average molecular weight is 401 g/mol. The number of aliphatic carboxylic acids is 1. The Bertz CT molecular complexity index is 1050. The van der Waals surface area contributed by atoms with E-state index in [9.17, 15) is 4.79 Å². The van der Waals surface area contributed by atoms with Gasteiger partial charge in [0.15, 0.2) is 4.96 Å². The van der Waals surface area contributed by atoms with Gasteiger partial charge in [-0.25, -0.2) is 4.98 Å². The van der Waals surface area contributed by atoms with Crippen LogP contribution in [0.1, 0.15) is 12.1 Å². The number of aryl methyl sites for hydroxylation is 1. The number of aromatic nitrogens is 2. The molecule has 0 radical (unpaired) electrons. The number of rotatable bonds is 4. The van der Waals surface area contributed by atoms with Crippen LogP contribution in [0.2, 0.25) is 0 Å². The van der Waals surface area contributed by atoms with E-state index in [1.165, 1.54) is 0 Å². The topological polar surface area (TPSA) is 54.6 Å². The normalized spacial score (nSPS) is 11.4. The summed E-state index contributed by atoms with van der Waals surface area (Å²) in [4.78, 5) is 16.8. The van der Waals surface area contributed by atoms with Crippen molar-refractivity contribution in [2.45, 2.75) is 12.8 Å². The third-order valence-corrected chi connectivity index (χ3v) is 5.49. The minimum atomic E-state index is -0.800. The van der Waals surface area contributed by atoms with Gasteiger partial charge < -0.3 is 5.11 Å². The van der Waals surface area contributed by atoms with Gasteiger partial charge in [-0.15, -0.1) is 0 Å². The van der Waals surface area contributed by atoms with Gasteiger partial charge in [-0.05, 0) is 24.3 Å². The number of halogens is 1. The van der Waals surface area contributed by atoms with Crippen LogP contribution in [0.15, 0.2) is 53.0 Å². The van der Waals surface area contributed by atoms with Gasteiger partial charge in [0.1, 0.15) is 0 Å². The molecule has 2 aromatic carbocycles. The zero-order valence-corrected chi connectivity index (χ0v) is 15.0. The van der Waals surface area contributed by atoms with E-state index in [1.807, 2.05) is 36.4 Å². The zero-order chi connectivity index (χ0) is 16.7. The summed E-state index contributed by atoms with van der Waals surface area (Å²) in [5.41, 5.74) is 3.89. The molecule has 0 atom stereocenters. The molecule has 0 spiro atoms. The molecule has 0 fully saturated rings. The first-order valence-corrected chi connectivity index (χ1v) is 9.11. The highest BCUT2D eigenvalue weighted by Crippen LogP contribution is 2.33. The number of hydrogen-bond acceptors (Lipinski definition) is 3. The van der Waals surface area contributed by atoms with Gasteiger partial charge in [-0.3, -0.25) is 9.20 Å². The summed E-state index contributed by atoms with van der Waals surface area (Å²) in [6.07, 6.45) is 0.532. The molecule has 0 aliphatic heterocycles. The number of imidazole rings is 1. The third-order valence-electron chi connectivity index (χ3n) is 3.94. The predicted molar refractivity (Wildman–Crippen MR) is 99.7 cm³/mol. The molecule has 4 aromatic rings. The Morgan fingerprint density at radius 3 is 2.67 bits per heavy atom. The monoisotopic (exact) mass is 400 g/mol. The molecule has 0 aliphatic carbocycles. The molecule has 0 aliphatic rings. The number of fused-ring (bicyclic) bond motifs is 3. The van der Waals surface area contributed by atoms with Crippen LogP contribution in [-0.4, -0.2) is 20.5 Å². The van der Waals surface area contributed by atoms with Gasteiger partial charge in [0, 0.05) is 16.5 Å². The van der Waals surface area contributed by atoms with E-state index >= 15 is 0 Å². The van der Waals surface area contributed by atoms with Crippen LogP contribution in [-0.2, 0) is 11.2 Å². The van der Waals surface area contributed by atoms with Crippen LogP contribution in [0.25, 0.3) is 26.4 Å². The summed E-state index contributed by atoms with van der Waals surface area (Å²) in [7, 11) is 0. The Kier molecular flexibility index (Phi) is 3.86. The molecule has 0 saturated carbocycles. The van der Waals surface area contributed by atoms with Crippen molar-refractivity contribution in [3.8, 4) is 11.3 Å². The second-order valence-electron chi connectivity index (χ2n) is 5.50. The van der Waals surface area contributed by atoms with Crippen LogP contribution in [0, 0.1) is 0 Å². The standard InChI is InChI=1S/C18H13BrN2O2S/c19-12-7-5-11(6-8-12)17-14(9-10-16(22)23)21-13-3-1-2-4-15(13)24-18(21)20-17/h1-8H,9-10H2,(H,22,23). The molecular weight excluding hydrogens is 388 g/mol. The smallest absolute Gasteiger partial charge is 0.303 e. The minimum absolute atomic E-state index is 0.0848. The lowest BCUT2D eigenvalue weighted by Crippen LogP contribution is -2.01. The van der Waals surface area contributed by atoms with Crippen molar-refractivity contribution in [3.63, 3.8) is 0 Å². The highest BCUT2D eigenvalue weighted by molar-refractivity contribution is 9.10. The molecule has 1 N–H and O–H groups in total. The first-order valence-electron chi connectivity index (χ1n) is 7.50. The summed E-state index contributed by atoms with van der Waals surface area (Å²) < 4.78 is 4.25. The highest BCUT2D eigenvalue weighted by atomic mass is 79.9. The van der Waals surface area contributed by atoms with E-state index in [0.29, 0.717) is 6.42 Å². The molecule has 0 saturated heterocycles. The number of carboxylic acids is 1. The molecule has 4 rings (SSSR count). The number of carboxylic acid groups (broad SMARTS) is 1. The van der Waals surface area contributed by atoms with Crippen LogP contribution in [0.5, 0.6) is 0 Å². The van der Waals surface area contributed by atoms with Crippen molar-refractivity contribution in [1.29, 1.82) is 0 Å². The second-order valence-corrected chi connectivity index (χ2v) is 7.42. The molecule has 0 unspecified atom stereocenters. The summed E-state index contributed by atoms with van der Waals surface area (Å²) in [6, 6.07) is 16.1. The molecule has 4 nitrogen and oxygen atoms in total. The van der Waals surface area contributed by atoms with Crippen LogP contribution < -0.4 is 0 Å². The maximum absolute atomic E-state index is 11.1. The van der Waals surface area contributed by atoms with Crippen molar-refractivity contribution >= 4 is 48.4 Å². The number of para-hydroxylation sites is 1. The Labute approximate surface area is 150 Å². The maximum Gasteiger partial charge on any atom is 0.303 e. The molecule has 0 amide bonds. The highest BCUT2D eigenvalue weighted by Gasteiger charge is 2.18. The Morgan fingerprint density at radius 2 is 1.92 bits per heavy atom. The van der Waals surface area contributed by atoms with E-state index < -0.39 is 5.97 Å². The first kappa shape index (κ1) is 15.4. The van der Waals surface area contributed by atoms with E-state index in [-0.39, 0.29) is 6.42 Å². The summed E-state index contributed by atoms with van der Waals surface area (Å²) in [5.74, 6) is -0.800. The third kappa shape index (κ3) is 2.61. The summed E-state index contributed by atoms with van der Waals surface area (Å²) in [5, 5.41) is 9.11. The van der Waals surface area contributed by atoms with E-state index in [1.54, 1.807) is 11.3 Å². The number of benzene rings is 2. The van der Waals surface area contributed by atoms with Crippen molar-refractivity contribution in [2.75, 3.05) is 0 Å². The van der Waals surface area contributed by atoms with Crippen molar-refractivity contribution in [1.82, 2.24) is 9.38 Å². The summed E-state index contributed by atoms with van der Waals surface area (Å²) in [6.45, 7) is 0. The Morgan fingerprint density at radius 1 is 1.17 bits per heavy atom. The maximum atomic E-state index is 11.1. The zero-order valence-electron chi connectivity index (χ0n) is 12.6. The number of thiazole rings is 1. The van der Waals surface area contributed by atoms with E-state index in [2.05, 4.69) is 32.5 Å². The Balaban J connectivity index is 1.96. The van der Waals surface area contributed by atoms with Crippen LogP contribution in [0.3, 0.4) is 0 Å². The summed E-state index contributed by atoms with van der Waals surface area (Å²) >= 11 is 5.07. The van der Waals surface area contributed by atoms with Crippen molar-refractivity contribution < 1.29 is 9.90 Å². The quantitative estimate of drug-likeness (QED) is 0.524. The second kappa shape index (κ2) is 6.03. The van der Waals surface area contributed by atoms with Gasteiger partial charge in [0.2, 0.25) is 0 Å².